The van der Waals surface area contributed by atoms with Gasteiger partial charge < -0.3 is 29.8 Å². The maximum Gasteiger partial charge on any atom is 0.410 e. The van der Waals surface area contributed by atoms with Gasteiger partial charge in [-0.05, 0) is 55.4 Å². The second-order valence-electron chi connectivity index (χ2n) is 7.45. The lowest BCUT2D eigenvalue weighted by Gasteiger charge is -2.20. The lowest BCUT2D eigenvalue weighted by atomic mass is 10.2. The van der Waals surface area contributed by atoms with E-state index in [4.69, 9.17) is 50.4 Å². The highest BCUT2D eigenvalue weighted by molar-refractivity contribution is 6.63. The largest absolute Gasteiger partial charge is 0.463 e. The van der Waals surface area contributed by atoms with Crippen LogP contribution in [-0.4, -0.2) is 70.5 Å². The summed E-state index contributed by atoms with van der Waals surface area (Å²) in [5.41, 5.74) is 3.58. The zero-order chi connectivity index (χ0) is 28.1. The van der Waals surface area contributed by atoms with Crippen LogP contribution >= 0.6 is 34.8 Å². The fourth-order valence-corrected chi connectivity index (χ4v) is 1.18. The number of rotatable bonds is 5. The molecule has 15 heteroatoms. The van der Waals surface area contributed by atoms with E-state index in [0.29, 0.717) is 0 Å². The number of esters is 2. The molecule has 0 aromatic rings. The van der Waals surface area contributed by atoms with E-state index in [1.54, 1.807) is 55.4 Å². The topological polar surface area (TPSA) is 181 Å². The summed E-state index contributed by atoms with van der Waals surface area (Å²) in [5.74, 6) is -1.72. The molecule has 0 rings (SSSR count). The highest BCUT2D eigenvalue weighted by Gasteiger charge is 2.22. The number of aldehydes is 1. The number of nitrogens with one attached hydrogen (secondary N) is 1. The molecule has 12 nitrogen and oxygen atoms in total. The highest BCUT2D eigenvalue weighted by Crippen LogP contribution is 2.07. The Hall–Kier alpha value is -2.02. The highest BCUT2D eigenvalue weighted by atomic mass is 35.6. The van der Waals surface area contributed by atoms with Crippen LogP contribution in [0.4, 0.5) is 9.59 Å². The molecule has 0 aromatic carbocycles. The van der Waals surface area contributed by atoms with Crippen molar-refractivity contribution in [3.8, 4) is 0 Å². The van der Waals surface area contributed by atoms with E-state index in [9.17, 15) is 24.0 Å². The minimum atomic E-state index is -1.69. The number of aliphatic hydroxyl groups excluding tert-OH is 1. The van der Waals surface area contributed by atoms with Crippen molar-refractivity contribution in [2.24, 2.45) is 5.73 Å². The van der Waals surface area contributed by atoms with Gasteiger partial charge in [-0.3, -0.25) is 10.1 Å². The van der Waals surface area contributed by atoms with Crippen molar-refractivity contribution >= 4 is 65.2 Å². The van der Waals surface area contributed by atoms with Crippen LogP contribution in [0.2, 0.25) is 0 Å². The molecule has 34 heavy (non-hydrogen) atoms. The summed E-state index contributed by atoms with van der Waals surface area (Å²) in [6.45, 7) is 13.9. The number of carbonyl (C=O) groups is 5. The number of halogens is 3. The van der Waals surface area contributed by atoms with Crippen LogP contribution in [0.5, 0.6) is 0 Å². The molecule has 1 atom stereocenters. The van der Waals surface area contributed by atoms with Gasteiger partial charge in [-0.1, -0.05) is 34.8 Å². The predicted molar refractivity (Wildman–Crippen MR) is 126 cm³/mol. The monoisotopic (exact) mass is 556 g/mol. The molecule has 0 aliphatic heterocycles. The maximum atomic E-state index is 11.1. The zero-order valence-electron chi connectivity index (χ0n) is 20.5. The third-order valence-corrected chi connectivity index (χ3v) is 1.95. The van der Waals surface area contributed by atoms with E-state index in [-0.39, 0.29) is 19.5 Å². The lowest BCUT2D eigenvalue weighted by Crippen LogP contribution is -2.44. The van der Waals surface area contributed by atoms with Crippen LogP contribution in [0, 0.1) is 0 Å². The lowest BCUT2D eigenvalue weighted by molar-refractivity contribution is -0.154. The first-order valence-electron chi connectivity index (χ1n) is 9.59. The molecule has 0 radical (unpaired) electrons. The SMILES string of the molecule is CC(C)(C)OC(N)=O.CCOC(=O)C(O)NC(=O)OC(C)(C)C.CCOC(=O)C=O.ClC(Cl)Cl. The molecule has 0 aromatic heterocycles. The Kier molecular flexibility index (Phi) is 24.8. The smallest absolute Gasteiger partial charge is 0.410 e. The molecule has 0 bridgehead atoms. The summed E-state index contributed by atoms with van der Waals surface area (Å²) in [6.07, 6.45) is -3.15. The van der Waals surface area contributed by atoms with Gasteiger partial charge in [0.2, 0.25) is 12.5 Å². The molecule has 0 saturated carbocycles. The maximum absolute atomic E-state index is 11.1. The normalized spacial score (nSPS) is 10.9. The Labute approximate surface area is 214 Å². The Morgan fingerprint density at radius 2 is 1.29 bits per heavy atom. The first-order chi connectivity index (χ1) is 15.2. The van der Waals surface area contributed by atoms with Crippen molar-refractivity contribution in [3.63, 3.8) is 0 Å². The van der Waals surface area contributed by atoms with Crippen LogP contribution in [0.25, 0.3) is 0 Å². The fraction of sp³-hybridized carbons (Fsp3) is 0.737. The van der Waals surface area contributed by atoms with E-state index in [1.165, 1.54) is 0 Å². The van der Waals surface area contributed by atoms with Crippen LogP contribution in [0.15, 0.2) is 0 Å². The average molecular weight is 558 g/mol. The van der Waals surface area contributed by atoms with Crippen LogP contribution in [-0.2, 0) is 33.3 Å². The summed E-state index contributed by atoms with van der Waals surface area (Å²) >= 11 is 14.4. The van der Waals surface area contributed by atoms with E-state index >= 15 is 0 Å². The summed E-state index contributed by atoms with van der Waals surface area (Å²) in [7, 11) is 0. The number of alkyl halides is 3. The summed E-state index contributed by atoms with van der Waals surface area (Å²) < 4.78 is 17.3. The van der Waals surface area contributed by atoms with Crippen molar-refractivity contribution in [3.05, 3.63) is 0 Å². The molecule has 0 spiro atoms. The second-order valence-corrected chi connectivity index (χ2v) is 9.43. The Morgan fingerprint density at radius 1 is 0.912 bits per heavy atom. The number of nitrogens with two attached hydrogens (primary N) is 1. The Bertz CT molecular complexity index is 603. The molecule has 0 heterocycles. The van der Waals surface area contributed by atoms with Crippen molar-refractivity contribution in [2.45, 2.75) is 77.1 Å². The third-order valence-electron chi connectivity index (χ3n) is 1.95. The summed E-state index contributed by atoms with van der Waals surface area (Å²) in [4.78, 5) is 51.2. The molecule has 202 valence electrons. The van der Waals surface area contributed by atoms with Crippen molar-refractivity contribution in [2.75, 3.05) is 13.2 Å². The molecule has 0 fully saturated rings. The number of primary amides is 1. The van der Waals surface area contributed by atoms with Gasteiger partial charge in [0.15, 0.2) is 4.30 Å². The molecular formula is C19H35Cl3N2O10. The van der Waals surface area contributed by atoms with Crippen LogP contribution in [0.3, 0.4) is 0 Å². The molecule has 4 N–H and O–H groups in total. The quantitative estimate of drug-likeness (QED) is 0.113. The van der Waals surface area contributed by atoms with Gasteiger partial charge in [0.1, 0.15) is 11.2 Å². The predicted octanol–water partition coefficient (Wildman–Crippen LogP) is 3.01. The number of hydrogen-bond donors (Lipinski definition) is 3. The van der Waals surface area contributed by atoms with Gasteiger partial charge >= 0.3 is 24.1 Å². The number of carbonyl (C=O) groups excluding carboxylic acids is 5. The van der Waals surface area contributed by atoms with Crippen LogP contribution < -0.4 is 11.1 Å². The van der Waals surface area contributed by atoms with Gasteiger partial charge in [0, 0.05) is 0 Å². The molecular weight excluding hydrogens is 523 g/mol. The second kappa shape index (κ2) is 21.5. The molecule has 0 aliphatic rings. The fourth-order valence-electron chi connectivity index (χ4n) is 1.18. The van der Waals surface area contributed by atoms with Crippen molar-refractivity contribution < 1.29 is 48.0 Å². The number of aliphatic hydroxyl groups is 1. The first-order valence-corrected chi connectivity index (χ1v) is 10.9. The zero-order valence-corrected chi connectivity index (χ0v) is 22.7. The van der Waals surface area contributed by atoms with Gasteiger partial charge in [-0.25, -0.2) is 19.2 Å². The standard InChI is InChI=1S/C9H17NO5.C5H11NO2.C4H6O3.CHCl3/c1-5-14-7(12)6(11)10-8(13)15-9(2,3)4;1-5(2,3)8-4(6)7;1-2-7-4(6)3-5;2-1(3)4/h6,11H,5H2,1-4H3,(H,10,13);1-3H3,(H2,6,7);3H,2H2,1H3;1H. The number of alkyl carbamates (subject to hydrolysis) is 1. The molecule has 0 aliphatic carbocycles. The van der Waals surface area contributed by atoms with Gasteiger partial charge in [0.05, 0.1) is 13.2 Å². The number of amides is 2. The summed E-state index contributed by atoms with van der Waals surface area (Å²) in [5, 5.41) is 11.1. The molecule has 0 saturated heterocycles. The summed E-state index contributed by atoms with van der Waals surface area (Å²) in [6, 6.07) is 0. The van der Waals surface area contributed by atoms with E-state index < -0.39 is 45.9 Å². The first kappa shape index (κ1) is 39.2. The number of hydrogen-bond acceptors (Lipinski definition) is 10. The third kappa shape index (κ3) is 43.8. The molecule has 1 unspecified atom stereocenters. The van der Waals surface area contributed by atoms with Gasteiger partial charge in [-0.2, -0.15) is 0 Å². The van der Waals surface area contributed by atoms with Crippen LogP contribution in [0.1, 0.15) is 55.4 Å². The Morgan fingerprint density at radius 3 is 1.50 bits per heavy atom. The van der Waals surface area contributed by atoms with E-state index in [2.05, 4.69) is 14.2 Å². The minimum absolute atomic E-state index is 0.131. The molecule has 2 amide bonds. The van der Waals surface area contributed by atoms with Crippen molar-refractivity contribution in [1.82, 2.24) is 5.32 Å². The van der Waals surface area contributed by atoms with Gasteiger partial charge in [-0.15, -0.1) is 0 Å². The average Bonchev–Trinajstić information content (AvgIpc) is 2.58. The number of ether oxygens (including phenoxy) is 4. The Balaban J connectivity index is -0.000000199. The van der Waals surface area contributed by atoms with Gasteiger partial charge in [0.25, 0.3) is 0 Å². The van der Waals surface area contributed by atoms with E-state index in [0.717, 1.165) is 0 Å². The van der Waals surface area contributed by atoms with Crippen molar-refractivity contribution in [1.29, 1.82) is 0 Å². The van der Waals surface area contributed by atoms with E-state index in [1.807, 2.05) is 5.32 Å². The minimum Gasteiger partial charge on any atom is -0.463 e.